The Balaban J connectivity index is 3.78. The molecule has 0 radical (unpaired) electrons. The van der Waals surface area contributed by atoms with Crippen molar-refractivity contribution >= 4 is 0 Å². The molecular formula is C12H24N2. The minimum absolute atomic E-state index is 0.170. The molecule has 0 fully saturated rings. The average molecular weight is 196 g/mol. The summed E-state index contributed by atoms with van der Waals surface area (Å²) in [5, 5.41) is 8.76. The Morgan fingerprint density at radius 2 is 1.64 bits per heavy atom. The molecule has 1 atom stereocenters. The van der Waals surface area contributed by atoms with E-state index in [1.54, 1.807) is 0 Å². The Morgan fingerprint density at radius 1 is 1.14 bits per heavy atom. The highest BCUT2D eigenvalue weighted by molar-refractivity contribution is 4.81. The molecule has 14 heavy (non-hydrogen) atoms. The van der Waals surface area contributed by atoms with E-state index in [4.69, 9.17) is 5.26 Å². The van der Waals surface area contributed by atoms with Crippen LogP contribution in [0.4, 0.5) is 0 Å². The molecule has 0 N–H and O–H groups in total. The van der Waals surface area contributed by atoms with Gasteiger partial charge in [0.05, 0.1) is 12.0 Å². The lowest BCUT2D eigenvalue weighted by Gasteiger charge is -2.22. The molecule has 0 aromatic heterocycles. The minimum atomic E-state index is 0.170. The summed E-state index contributed by atoms with van der Waals surface area (Å²) in [5.41, 5.74) is 0. The fourth-order valence-corrected chi connectivity index (χ4v) is 1.49. The van der Waals surface area contributed by atoms with Gasteiger partial charge < -0.3 is 4.90 Å². The van der Waals surface area contributed by atoms with Gasteiger partial charge in [0.15, 0.2) is 0 Å². The van der Waals surface area contributed by atoms with E-state index in [0.717, 1.165) is 19.6 Å². The highest BCUT2D eigenvalue weighted by Gasteiger charge is 2.08. The molecule has 0 heterocycles. The smallest absolute Gasteiger partial charge is 0.0666 e. The SMILES string of the molecule is CCCCN(CCCC)CC(C)C#N. The van der Waals surface area contributed by atoms with Gasteiger partial charge in [0.2, 0.25) is 0 Å². The molecule has 0 aliphatic rings. The van der Waals surface area contributed by atoms with Crippen LogP contribution < -0.4 is 0 Å². The maximum absolute atomic E-state index is 8.76. The number of nitrogens with zero attached hydrogens (tertiary/aromatic N) is 2. The molecule has 0 saturated carbocycles. The van der Waals surface area contributed by atoms with Crippen LogP contribution in [0.15, 0.2) is 0 Å². The Hall–Kier alpha value is -0.550. The molecule has 0 aromatic carbocycles. The van der Waals surface area contributed by atoms with Gasteiger partial charge >= 0.3 is 0 Å². The summed E-state index contributed by atoms with van der Waals surface area (Å²) in [7, 11) is 0. The molecule has 1 unspecified atom stereocenters. The van der Waals surface area contributed by atoms with Gasteiger partial charge in [-0.3, -0.25) is 0 Å². The minimum Gasteiger partial charge on any atom is -0.302 e. The zero-order valence-corrected chi connectivity index (χ0v) is 9.92. The summed E-state index contributed by atoms with van der Waals surface area (Å²) >= 11 is 0. The van der Waals surface area contributed by atoms with Crippen LogP contribution in [0.2, 0.25) is 0 Å². The standard InChI is InChI=1S/C12H24N2/c1-4-6-8-14(9-7-5-2)11-12(3)10-13/h12H,4-9,11H2,1-3H3. The van der Waals surface area contributed by atoms with Gasteiger partial charge in [-0.15, -0.1) is 0 Å². The van der Waals surface area contributed by atoms with Crippen molar-refractivity contribution in [1.82, 2.24) is 4.90 Å². The van der Waals surface area contributed by atoms with E-state index >= 15 is 0 Å². The van der Waals surface area contributed by atoms with E-state index in [9.17, 15) is 0 Å². The van der Waals surface area contributed by atoms with Crippen molar-refractivity contribution in [2.24, 2.45) is 5.92 Å². The third kappa shape index (κ3) is 6.91. The predicted molar refractivity (Wildman–Crippen MR) is 61.0 cm³/mol. The van der Waals surface area contributed by atoms with Gasteiger partial charge in [0, 0.05) is 6.54 Å². The summed E-state index contributed by atoms with van der Waals surface area (Å²) in [6.07, 6.45) is 4.98. The van der Waals surface area contributed by atoms with Crippen LogP contribution in [-0.2, 0) is 0 Å². The van der Waals surface area contributed by atoms with Crippen LogP contribution in [0, 0.1) is 17.2 Å². The molecule has 2 heteroatoms. The van der Waals surface area contributed by atoms with Crippen LogP contribution in [0.1, 0.15) is 46.5 Å². The first-order valence-corrected chi connectivity index (χ1v) is 5.86. The topological polar surface area (TPSA) is 27.0 Å². The highest BCUT2D eigenvalue weighted by atomic mass is 15.1. The van der Waals surface area contributed by atoms with E-state index in [-0.39, 0.29) is 5.92 Å². The third-order valence-electron chi connectivity index (χ3n) is 2.41. The van der Waals surface area contributed by atoms with Gasteiger partial charge in [-0.25, -0.2) is 0 Å². The van der Waals surface area contributed by atoms with Crippen molar-refractivity contribution in [2.45, 2.75) is 46.5 Å². The summed E-state index contributed by atoms with van der Waals surface area (Å²) in [4.78, 5) is 2.43. The molecule has 0 saturated heterocycles. The monoisotopic (exact) mass is 196 g/mol. The van der Waals surface area contributed by atoms with Crippen molar-refractivity contribution in [2.75, 3.05) is 19.6 Å². The van der Waals surface area contributed by atoms with Gasteiger partial charge in [-0.05, 0) is 32.9 Å². The average Bonchev–Trinajstić information content (AvgIpc) is 2.21. The number of rotatable bonds is 8. The van der Waals surface area contributed by atoms with Crippen LogP contribution in [0.3, 0.4) is 0 Å². The van der Waals surface area contributed by atoms with Gasteiger partial charge in [-0.1, -0.05) is 26.7 Å². The Labute approximate surface area is 88.9 Å². The van der Waals surface area contributed by atoms with Crippen LogP contribution in [-0.4, -0.2) is 24.5 Å². The van der Waals surface area contributed by atoms with Crippen molar-refractivity contribution in [3.63, 3.8) is 0 Å². The summed E-state index contributed by atoms with van der Waals surface area (Å²) in [6, 6.07) is 2.31. The molecule has 0 aliphatic heterocycles. The molecule has 82 valence electrons. The Kier molecular flexibility index (Phi) is 8.67. The second-order valence-corrected chi connectivity index (χ2v) is 4.04. The molecule has 0 spiro atoms. The lowest BCUT2D eigenvalue weighted by molar-refractivity contribution is 0.248. The summed E-state index contributed by atoms with van der Waals surface area (Å²) in [6.45, 7) is 9.68. The third-order valence-corrected chi connectivity index (χ3v) is 2.41. The van der Waals surface area contributed by atoms with Crippen molar-refractivity contribution < 1.29 is 0 Å². The first kappa shape index (κ1) is 13.4. The zero-order valence-electron chi connectivity index (χ0n) is 9.92. The van der Waals surface area contributed by atoms with Crippen molar-refractivity contribution in [3.05, 3.63) is 0 Å². The number of hydrogen-bond acceptors (Lipinski definition) is 2. The largest absolute Gasteiger partial charge is 0.302 e. The predicted octanol–water partition coefficient (Wildman–Crippen LogP) is 3.05. The molecular weight excluding hydrogens is 172 g/mol. The second kappa shape index (κ2) is 9.02. The fourth-order valence-electron chi connectivity index (χ4n) is 1.49. The first-order chi connectivity index (χ1) is 6.74. The fraction of sp³-hybridized carbons (Fsp3) is 0.917. The molecule has 2 nitrogen and oxygen atoms in total. The van der Waals surface area contributed by atoms with Crippen LogP contribution in [0.5, 0.6) is 0 Å². The highest BCUT2D eigenvalue weighted by Crippen LogP contribution is 2.03. The van der Waals surface area contributed by atoms with Crippen molar-refractivity contribution in [3.8, 4) is 6.07 Å². The Morgan fingerprint density at radius 3 is 2.00 bits per heavy atom. The van der Waals surface area contributed by atoms with Crippen molar-refractivity contribution in [1.29, 1.82) is 5.26 Å². The zero-order chi connectivity index (χ0) is 10.8. The number of unbranched alkanes of at least 4 members (excludes halogenated alkanes) is 2. The van der Waals surface area contributed by atoms with E-state index in [1.807, 2.05) is 6.92 Å². The van der Waals surface area contributed by atoms with E-state index in [0.29, 0.717) is 0 Å². The molecule has 0 aromatic rings. The molecule has 0 rings (SSSR count). The maximum atomic E-state index is 8.76. The second-order valence-electron chi connectivity index (χ2n) is 4.04. The normalized spacial score (nSPS) is 12.8. The van der Waals surface area contributed by atoms with Crippen LogP contribution in [0.25, 0.3) is 0 Å². The summed E-state index contributed by atoms with van der Waals surface area (Å²) < 4.78 is 0. The lowest BCUT2D eigenvalue weighted by Crippen LogP contribution is -2.30. The molecule has 0 amide bonds. The van der Waals surface area contributed by atoms with Crippen LogP contribution >= 0.6 is 0 Å². The van der Waals surface area contributed by atoms with Gasteiger partial charge in [0.25, 0.3) is 0 Å². The lowest BCUT2D eigenvalue weighted by atomic mass is 10.1. The van der Waals surface area contributed by atoms with Gasteiger partial charge in [0.1, 0.15) is 0 Å². The maximum Gasteiger partial charge on any atom is 0.0666 e. The number of nitriles is 1. The van der Waals surface area contributed by atoms with Gasteiger partial charge in [-0.2, -0.15) is 5.26 Å². The van der Waals surface area contributed by atoms with E-state index in [2.05, 4.69) is 24.8 Å². The summed E-state index contributed by atoms with van der Waals surface area (Å²) in [5.74, 6) is 0.170. The van der Waals surface area contributed by atoms with E-state index < -0.39 is 0 Å². The molecule has 0 aliphatic carbocycles. The molecule has 0 bridgehead atoms. The Bertz CT molecular complexity index is 152. The van der Waals surface area contributed by atoms with E-state index in [1.165, 1.54) is 25.7 Å². The number of hydrogen-bond donors (Lipinski definition) is 0. The first-order valence-electron chi connectivity index (χ1n) is 5.86. The quantitative estimate of drug-likeness (QED) is 0.596.